The van der Waals surface area contributed by atoms with Crippen molar-refractivity contribution >= 4 is 35.0 Å². The Bertz CT molecular complexity index is 687. The van der Waals surface area contributed by atoms with Gasteiger partial charge < -0.3 is 10.1 Å². The number of halogens is 1. The van der Waals surface area contributed by atoms with Crippen molar-refractivity contribution in [1.29, 1.82) is 0 Å². The first kappa shape index (κ1) is 16.5. The van der Waals surface area contributed by atoms with Crippen LogP contribution in [0.25, 0.3) is 0 Å². The minimum atomic E-state index is -0.516. The standard InChI is InChI=1S/C15H15ClN2O3S/c1-9-12(8-22-18-9)15(20)17-13(7-14(19)21-2)10-4-3-5-11(16)6-10/h3-6,8,13H,7H2,1-2H3,(H,17,20)/t13-/m1/s1. The number of amides is 1. The van der Waals surface area contributed by atoms with Gasteiger partial charge in [-0.15, -0.1) is 0 Å². The van der Waals surface area contributed by atoms with Crippen LogP contribution >= 0.6 is 23.1 Å². The molecule has 7 heteroatoms. The predicted octanol–water partition coefficient (Wildman–Crippen LogP) is 3.14. The highest BCUT2D eigenvalue weighted by molar-refractivity contribution is 7.03. The van der Waals surface area contributed by atoms with E-state index in [1.54, 1.807) is 36.6 Å². The van der Waals surface area contributed by atoms with Crippen molar-refractivity contribution in [2.24, 2.45) is 0 Å². The Kier molecular flexibility index (Phi) is 5.51. The van der Waals surface area contributed by atoms with Crippen LogP contribution in [0.3, 0.4) is 0 Å². The van der Waals surface area contributed by atoms with Gasteiger partial charge in [-0.3, -0.25) is 9.59 Å². The highest BCUT2D eigenvalue weighted by atomic mass is 35.5. The van der Waals surface area contributed by atoms with Crippen LogP contribution in [0.2, 0.25) is 5.02 Å². The molecule has 5 nitrogen and oxygen atoms in total. The average molecular weight is 339 g/mol. The molecule has 116 valence electrons. The summed E-state index contributed by atoms with van der Waals surface area (Å²) in [5.74, 6) is -0.689. The first-order valence-electron chi connectivity index (χ1n) is 6.55. The first-order valence-corrected chi connectivity index (χ1v) is 7.77. The molecule has 2 rings (SSSR count). The van der Waals surface area contributed by atoms with Gasteiger partial charge in [0, 0.05) is 10.4 Å². The van der Waals surface area contributed by atoms with Gasteiger partial charge in [-0.1, -0.05) is 23.7 Å². The number of methoxy groups -OCH3 is 1. The van der Waals surface area contributed by atoms with Crippen molar-refractivity contribution < 1.29 is 14.3 Å². The van der Waals surface area contributed by atoms with Gasteiger partial charge in [0.1, 0.15) is 0 Å². The second-order valence-corrected chi connectivity index (χ2v) is 5.74. The zero-order chi connectivity index (χ0) is 16.1. The van der Waals surface area contributed by atoms with E-state index in [1.807, 2.05) is 0 Å². The molecule has 0 unspecified atom stereocenters. The molecule has 1 aromatic heterocycles. The van der Waals surface area contributed by atoms with Crippen LogP contribution in [-0.4, -0.2) is 23.4 Å². The van der Waals surface area contributed by atoms with Crippen LogP contribution in [0.5, 0.6) is 0 Å². The number of carbonyl (C=O) groups is 2. The predicted molar refractivity (Wildman–Crippen MR) is 85.1 cm³/mol. The van der Waals surface area contributed by atoms with Crippen LogP contribution < -0.4 is 5.32 Å². The Hall–Kier alpha value is -1.92. The Morgan fingerprint density at radius 3 is 2.82 bits per heavy atom. The number of nitrogens with one attached hydrogen (secondary N) is 1. The molecule has 0 saturated heterocycles. The summed E-state index contributed by atoms with van der Waals surface area (Å²) < 4.78 is 8.77. The second kappa shape index (κ2) is 7.38. The number of hydrogen-bond acceptors (Lipinski definition) is 5. The van der Waals surface area contributed by atoms with E-state index in [2.05, 4.69) is 9.69 Å². The van der Waals surface area contributed by atoms with E-state index in [9.17, 15) is 9.59 Å². The van der Waals surface area contributed by atoms with Crippen LogP contribution in [0, 0.1) is 6.92 Å². The van der Waals surface area contributed by atoms with Gasteiger partial charge in [0.15, 0.2) is 0 Å². The molecule has 2 aromatic rings. The molecule has 0 spiro atoms. The molecular formula is C15H15ClN2O3S. The molecule has 0 aliphatic heterocycles. The third-order valence-electron chi connectivity index (χ3n) is 3.15. The molecule has 0 aliphatic rings. The van der Waals surface area contributed by atoms with Gasteiger partial charge in [-0.25, -0.2) is 0 Å². The quantitative estimate of drug-likeness (QED) is 0.850. The van der Waals surface area contributed by atoms with Gasteiger partial charge in [0.25, 0.3) is 5.91 Å². The summed E-state index contributed by atoms with van der Waals surface area (Å²) in [6, 6.07) is 6.51. The fourth-order valence-corrected chi connectivity index (χ4v) is 2.86. The lowest BCUT2D eigenvalue weighted by atomic mass is 10.0. The van der Waals surface area contributed by atoms with E-state index in [4.69, 9.17) is 16.3 Å². The maximum absolute atomic E-state index is 12.3. The van der Waals surface area contributed by atoms with Crippen molar-refractivity contribution in [2.45, 2.75) is 19.4 Å². The summed E-state index contributed by atoms with van der Waals surface area (Å²) in [7, 11) is 1.31. The smallest absolute Gasteiger partial charge is 0.307 e. The van der Waals surface area contributed by atoms with Crippen molar-refractivity contribution in [3.05, 3.63) is 51.5 Å². The molecule has 0 bridgehead atoms. The summed E-state index contributed by atoms with van der Waals surface area (Å²) in [4.78, 5) is 23.9. The summed E-state index contributed by atoms with van der Waals surface area (Å²) in [5.41, 5.74) is 1.90. The van der Waals surface area contributed by atoms with Gasteiger partial charge in [-0.05, 0) is 36.2 Å². The Morgan fingerprint density at radius 2 is 2.23 bits per heavy atom. The number of nitrogens with zero attached hydrogens (tertiary/aromatic N) is 1. The topological polar surface area (TPSA) is 68.3 Å². The van der Waals surface area contributed by atoms with E-state index in [0.29, 0.717) is 16.3 Å². The minimum Gasteiger partial charge on any atom is -0.469 e. The zero-order valence-corrected chi connectivity index (χ0v) is 13.7. The van der Waals surface area contributed by atoms with Crippen LogP contribution in [0.1, 0.15) is 34.1 Å². The lowest BCUT2D eigenvalue weighted by Crippen LogP contribution is -2.30. The zero-order valence-electron chi connectivity index (χ0n) is 12.1. The molecular weight excluding hydrogens is 324 g/mol. The monoisotopic (exact) mass is 338 g/mol. The molecule has 0 radical (unpaired) electrons. The van der Waals surface area contributed by atoms with Gasteiger partial charge in [0.05, 0.1) is 30.8 Å². The number of rotatable bonds is 5. The number of aryl methyl sites for hydroxylation is 1. The third kappa shape index (κ3) is 4.05. The van der Waals surface area contributed by atoms with Crippen LogP contribution in [-0.2, 0) is 9.53 Å². The summed E-state index contributed by atoms with van der Waals surface area (Å²) >= 11 is 7.20. The fraction of sp³-hybridized carbons (Fsp3) is 0.267. The van der Waals surface area contributed by atoms with Crippen molar-refractivity contribution in [3.8, 4) is 0 Å². The number of ether oxygens (including phenoxy) is 1. The number of carbonyl (C=O) groups excluding carboxylic acids is 2. The number of esters is 1. The van der Waals surface area contributed by atoms with E-state index >= 15 is 0 Å². The molecule has 0 saturated carbocycles. The van der Waals surface area contributed by atoms with Gasteiger partial charge in [0.2, 0.25) is 0 Å². The van der Waals surface area contributed by atoms with Crippen LogP contribution in [0.15, 0.2) is 29.6 Å². The van der Waals surface area contributed by atoms with Crippen molar-refractivity contribution in [1.82, 2.24) is 9.69 Å². The van der Waals surface area contributed by atoms with Gasteiger partial charge in [-0.2, -0.15) is 4.37 Å². The average Bonchev–Trinajstić information content (AvgIpc) is 2.92. The molecule has 1 amide bonds. The molecule has 0 aliphatic carbocycles. The Morgan fingerprint density at radius 1 is 1.45 bits per heavy atom. The second-order valence-electron chi connectivity index (χ2n) is 4.67. The SMILES string of the molecule is COC(=O)C[C@@H](NC(=O)c1csnc1C)c1cccc(Cl)c1. The summed E-state index contributed by atoms with van der Waals surface area (Å²) in [5, 5.41) is 5.05. The number of benzene rings is 1. The molecule has 1 atom stereocenters. The lowest BCUT2D eigenvalue weighted by Gasteiger charge is -2.18. The molecule has 22 heavy (non-hydrogen) atoms. The highest BCUT2D eigenvalue weighted by Crippen LogP contribution is 2.22. The van der Waals surface area contributed by atoms with E-state index in [0.717, 1.165) is 5.56 Å². The van der Waals surface area contributed by atoms with Crippen LogP contribution in [0.4, 0.5) is 0 Å². The molecule has 1 aromatic carbocycles. The summed E-state index contributed by atoms with van der Waals surface area (Å²) in [6.07, 6.45) is 0.0270. The number of hydrogen-bond donors (Lipinski definition) is 1. The first-order chi connectivity index (χ1) is 10.5. The van der Waals surface area contributed by atoms with Gasteiger partial charge >= 0.3 is 5.97 Å². The maximum atomic E-state index is 12.3. The molecule has 1 N–H and O–H groups in total. The Labute approximate surface area is 137 Å². The Balaban J connectivity index is 2.23. The third-order valence-corrected chi connectivity index (χ3v) is 4.10. The lowest BCUT2D eigenvalue weighted by molar-refractivity contribution is -0.141. The van der Waals surface area contributed by atoms with E-state index in [-0.39, 0.29) is 12.3 Å². The summed E-state index contributed by atoms with van der Waals surface area (Å²) in [6.45, 7) is 1.76. The van der Waals surface area contributed by atoms with E-state index < -0.39 is 12.0 Å². The molecule has 1 heterocycles. The fourth-order valence-electron chi connectivity index (χ4n) is 1.97. The van der Waals surface area contributed by atoms with Crippen molar-refractivity contribution in [2.75, 3.05) is 7.11 Å². The van der Waals surface area contributed by atoms with E-state index in [1.165, 1.54) is 18.6 Å². The number of aromatic nitrogens is 1. The largest absolute Gasteiger partial charge is 0.469 e. The molecule has 0 fully saturated rings. The normalized spacial score (nSPS) is 11.8. The van der Waals surface area contributed by atoms with Crippen molar-refractivity contribution in [3.63, 3.8) is 0 Å². The highest BCUT2D eigenvalue weighted by Gasteiger charge is 2.21. The maximum Gasteiger partial charge on any atom is 0.307 e. The minimum absolute atomic E-state index is 0.0270.